The van der Waals surface area contributed by atoms with Gasteiger partial charge in [0.25, 0.3) is 11.7 Å². The van der Waals surface area contributed by atoms with Gasteiger partial charge in [-0.25, -0.2) is 0 Å². The number of likely N-dealkylation sites (tertiary alicyclic amines) is 1. The molecule has 6 nitrogen and oxygen atoms in total. The third-order valence-electron chi connectivity index (χ3n) is 5.60. The van der Waals surface area contributed by atoms with Crippen molar-refractivity contribution in [3.8, 4) is 11.5 Å². The molecule has 1 heterocycles. The molecule has 1 unspecified atom stereocenters. The number of unbranched alkanes of at least 4 members (excludes halogenated alkanes) is 2. The van der Waals surface area contributed by atoms with Gasteiger partial charge in [0.1, 0.15) is 17.3 Å². The smallest absolute Gasteiger partial charge is 0.295 e. The number of aliphatic hydroxyl groups excluding tert-OH is 1. The Morgan fingerprint density at radius 1 is 1.12 bits per heavy atom. The van der Waals surface area contributed by atoms with Crippen LogP contribution in [0.4, 0.5) is 0 Å². The Morgan fingerprint density at radius 3 is 2.53 bits per heavy atom. The highest BCUT2D eigenvalue weighted by molar-refractivity contribution is 6.46. The Labute approximate surface area is 193 Å². The maximum absolute atomic E-state index is 13.2. The number of Topliss-reactive ketones (excluding diaryl/α,β-unsaturated/α-hetero) is 1. The van der Waals surface area contributed by atoms with Gasteiger partial charge in [0.2, 0.25) is 0 Å². The van der Waals surface area contributed by atoms with E-state index in [9.17, 15) is 14.7 Å². The van der Waals surface area contributed by atoms with Crippen molar-refractivity contribution < 1.29 is 24.2 Å². The summed E-state index contributed by atoms with van der Waals surface area (Å²) in [6.45, 7) is 4.30. The summed E-state index contributed by atoms with van der Waals surface area (Å²) >= 11 is 6.32. The van der Waals surface area contributed by atoms with Crippen LogP contribution in [0.5, 0.6) is 11.5 Å². The van der Waals surface area contributed by atoms with Crippen LogP contribution in [-0.2, 0) is 9.59 Å². The molecule has 1 fully saturated rings. The molecule has 0 aromatic heterocycles. The number of methoxy groups -OCH3 is 2. The molecule has 32 heavy (non-hydrogen) atoms. The van der Waals surface area contributed by atoms with Gasteiger partial charge in [-0.1, -0.05) is 43.5 Å². The minimum Gasteiger partial charge on any atom is -0.507 e. The molecule has 7 heteroatoms. The SMILES string of the molecule is CCCCCN1C(=O)C(=O)/C(=C(/O)c2cc(C)cc(Cl)c2OC)C1c1cccc(OC)c1. The Bertz CT molecular complexity index is 1060. The molecule has 1 atom stereocenters. The van der Waals surface area contributed by atoms with Crippen molar-refractivity contribution in [1.82, 2.24) is 4.90 Å². The first-order chi connectivity index (χ1) is 15.3. The molecular formula is C25H28ClNO5. The second kappa shape index (κ2) is 10.1. The number of benzene rings is 2. The fourth-order valence-electron chi connectivity index (χ4n) is 4.06. The summed E-state index contributed by atoms with van der Waals surface area (Å²) in [5.41, 5.74) is 1.75. The summed E-state index contributed by atoms with van der Waals surface area (Å²) in [5.74, 6) is -0.828. The maximum atomic E-state index is 13.2. The number of ether oxygens (including phenoxy) is 2. The van der Waals surface area contributed by atoms with Crippen molar-refractivity contribution in [3.63, 3.8) is 0 Å². The van der Waals surface area contributed by atoms with E-state index in [1.54, 1.807) is 37.4 Å². The molecule has 0 saturated carbocycles. The molecule has 0 spiro atoms. The number of halogens is 1. The standard InChI is InChI=1S/C25H28ClNO5/c1-5-6-7-11-27-21(16-9-8-10-17(14-16)31-3)20(23(29)25(27)30)22(28)18-12-15(2)13-19(26)24(18)32-4/h8-10,12-14,21,28H,5-7,11H2,1-4H3/b22-20+. The summed E-state index contributed by atoms with van der Waals surface area (Å²) in [4.78, 5) is 27.7. The van der Waals surface area contributed by atoms with E-state index in [1.807, 2.05) is 13.0 Å². The number of aryl methyl sites for hydroxylation is 1. The maximum Gasteiger partial charge on any atom is 0.295 e. The van der Waals surface area contributed by atoms with Gasteiger partial charge >= 0.3 is 0 Å². The molecule has 1 aliphatic rings. The second-order valence-corrected chi connectivity index (χ2v) is 8.21. The van der Waals surface area contributed by atoms with E-state index in [-0.39, 0.29) is 22.6 Å². The van der Waals surface area contributed by atoms with Gasteiger partial charge in [0.05, 0.1) is 36.4 Å². The third kappa shape index (κ3) is 4.46. The molecule has 1 amide bonds. The summed E-state index contributed by atoms with van der Waals surface area (Å²) < 4.78 is 10.7. The number of hydrogen-bond donors (Lipinski definition) is 1. The Hall–Kier alpha value is -2.99. The van der Waals surface area contributed by atoms with Crippen molar-refractivity contribution in [2.24, 2.45) is 0 Å². The Morgan fingerprint density at radius 2 is 1.88 bits per heavy atom. The average molecular weight is 458 g/mol. The van der Waals surface area contributed by atoms with E-state index in [4.69, 9.17) is 21.1 Å². The Balaban J connectivity index is 2.23. The molecule has 2 aromatic carbocycles. The number of nitrogens with zero attached hydrogens (tertiary/aromatic N) is 1. The fraction of sp³-hybridized carbons (Fsp3) is 0.360. The average Bonchev–Trinajstić information content (AvgIpc) is 3.03. The number of aliphatic hydroxyl groups is 1. The van der Waals surface area contributed by atoms with Gasteiger partial charge in [-0.05, 0) is 48.7 Å². The molecule has 3 rings (SSSR count). The molecule has 0 radical (unpaired) electrons. The topological polar surface area (TPSA) is 76.1 Å². The largest absolute Gasteiger partial charge is 0.507 e. The van der Waals surface area contributed by atoms with E-state index in [0.717, 1.165) is 24.8 Å². The molecule has 2 aromatic rings. The molecular weight excluding hydrogens is 430 g/mol. The van der Waals surface area contributed by atoms with Crippen LogP contribution in [0.2, 0.25) is 5.02 Å². The van der Waals surface area contributed by atoms with Crippen molar-refractivity contribution in [2.75, 3.05) is 20.8 Å². The highest BCUT2D eigenvalue weighted by Gasteiger charge is 2.46. The van der Waals surface area contributed by atoms with E-state index in [1.165, 1.54) is 12.0 Å². The monoisotopic (exact) mass is 457 g/mol. The van der Waals surface area contributed by atoms with E-state index in [0.29, 0.717) is 22.9 Å². The zero-order chi connectivity index (χ0) is 23.4. The lowest BCUT2D eigenvalue weighted by atomic mass is 9.94. The highest BCUT2D eigenvalue weighted by Crippen LogP contribution is 2.43. The van der Waals surface area contributed by atoms with Crippen molar-refractivity contribution in [2.45, 2.75) is 39.2 Å². The fourth-order valence-corrected chi connectivity index (χ4v) is 4.41. The Kier molecular flexibility index (Phi) is 7.46. The zero-order valence-corrected chi connectivity index (χ0v) is 19.5. The summed E-state index contributed by atoms with van der Waals surface area (Å²) in [7, 11) is 2.99. The van der Waals surface area contributed by atoms with Gasteiger partial charge in [0, 0.05) is 6.54 Å². The van der Waals surface area contributed by atoms with Crippen LogP contribution in [0.3, 0.4) is 0 Å². The summed E-state index contributed by atoms with van der Waals surface area (Å²) in [6.07, 6.45) is 2.66. The first kappa shape index (κ1) is 23.7. The van der Waals surface area contributed by atoms with Crippen molar-refractivity contribution in [3.05, 3.63) is 63.7 Å². The lowest BCUT2D eigenvalue weighted by Gasteiger charge is -2.26. The van der Waals surface area contributed by atoms with Gasteiger partial charge in [-0.3, -0.25) is 9.59 Å². The van der Waals surface area contributed by atoms with E-state index in [2.05, 4.69) is 6.92 Å². The molecule has 1 aliphatic heterocycles. The molecule has 1 saturated heterocycles. The lowest BCUT2D eigenvalue weighted by molar-refractivity contribution is -0.139. The normalized spacial score (nSPS) is 17.7. The molecule has 0 bridgehead atoms. The number of carbonyl (C=O) groups excluding carboxylic acids is 2. The minimum absolute atomic E-state index is 0.0136. The number of ketones is 1. The quantitative estimate of drug-likeness (QED) is 0.252. The first-order valence-electron chi connectivity index (χ1n) is 10.6. The van der Waals surface area contributed by atoms with Gasteiger partial charge in [-0.2, -0.15) is 0 Å². The number of hydrogen-bond acceptors (Lipinski definition) is 5. The van der Waals surface area contributed by atoms with Crippen LogP contribution < -0.4 is 9.47 Å². The molecule has 170 valence electrons. The molecule has 0 aliphatic carbocycles. The number of amides is 1. The third-order valence-corrected chi connectivity index (χ3v) is 5.88. The number of rotatable bonds is 8. The van der Waals surface area contributed by atoms with Crippen LogP contribution in [-0.4, -0.2) is 42.5 Å². The van der Waals surface area contributed by atoms with Crippen molar-refractivity contribution in [1.29, 1.82) is 0 Å². The van der Waals surface area contributed by atoms with Crippen LogP contribution >= 0.6 is 11.6 Å². The number of carbonyl (C=O) groups is 2. The summed E-state index contributed by atoms with van der Waals surface area (Å²) in [5, 5.41) is 11.6. The predicted molar refractivity (Wildman–Crippen MR) is 124 cm³/mol. The first-order valence-corrected chi connectivity index (χ1v) is 11.0. The second-order valence-electron chi connectivity index (χ2n) is 7.80. The van der Waals surface area contributed by atoms with Gasteiger partial charge in [-0.15, -0.1) is 0 Å². The van der Waals surface area contributed by atoms with Crippen LogP contribution in [0, 0.1) is 6.92 Å². The van der Waals surface area contributed by atoms with E-state index < -0.39 is 17.7 Å². The van der Waals surface area contributed by atoms with E-state index >= 15 is 0 Å². The van der Waals surface area contributed by atoms with Gasteiger partial charge < -0.3 is 19.5 Å². The van der Waals surface area contributed by atoms with Crippen LogP contribution in [0.1, 0.15) is 48.9 Å². The predicted octanol–water partition coefficient (Wildman–Crippen LogP) is 5.28. The van der Waals surface area contributed by atoms with Crippen LogP contribution in [0.25, 0.3) is 5.76 Å². The summed E-state index contributed by atoms with van der Waals surface area (Å²) in [6, 6.07) is 9.83. The van der Waals surface area contributed by atoms with Gasteiger partial charge in [0.15, 0.2) is 0 Å². The molecule has 1 N–H and O–H groups in total. The van der Waals surface area contributed by atoms with Crippen LogP contribution in [0.15, 0.2) is 42.0 Å². The highest BCUT2D eigenvalue weighted by atomic mass is 35.5. The van der Waals surface area contributed by atoms with Crippen molar-refractivity contribution >= 4 is 29.1 Å². The lowest BCUT2D eigenvalue weighted by Crippen LogP contribution is -2.30. The minimum atomic E-state index is -0.744. The zero-order valence-electron chi connectivity index (χ0n) is 18.8.